The Kier molecular flexibility index (Phi) is 10.1. The largest absolute Gasteiger partial charge is 0.492 e. The van der Waals surface area contributed by atoms with Crippen LogP contribution in [-0.4, -0.2) is 11.6 Å². The molecule has 0 N–H and O–H groups in total. The molecule has 0 aliphatic carbocycles. The van der Waals surface area contributed by atoms with Gasteiger partial charge in [-0.2, -0.15) is 0 Å². The SMILES string of the molecule is CCCCCCCCCCCCOc1cccnc1. The maximum absolute atomic E-state index is 5.62. The van der Waals surface area contributed by atoms with Crippen LogP contribution in [0, 0.1) is 0 Å². The second-order valence-electron chi connectivity index (χ2n) is 5.22. The lowest BCUT2D eigenvalue weighted by Gasteiger charge is -2.05. The fraction of sp³-hybridized carbons (Fsp3) is 0.706. The van der Waals surface area contributed by atoms with E-state index in [1.54, 1.807) is 12.4 Å². The molecule has 1 aromatic heterocycles. The van der Waals surface area contributed by atoms with Gasteiger partial charge in [0.2, 0.25) is 0 Å². The lowest BCUT2D eigenvalue weighted by atomic mass is 10.1. The highest BCUT2D eigenvalue weighted by Crippen LogP contribution is 2.11. The molecule has 0 atom stereocenters. The topological polar surface area (TPSA) is 22.1 Å². The maximum atomic E-state index is 5.62. The standard InChI is InChI=1S/C17H29NO/c1-2-3-4-5-6-7-8-9-10-11-15-19-17-13-12-14-18-16-17/h12-14,16H,2-11,15H2,1H3. The molecule has 0 spiro atoms. The van der Waals surface area contributed by atoms with Crippen LogP contribution in [-0.2, 0) is 0 Å². The molecule has 0 aliphatic rings. The predicted molar refractivity (Wildman–Crippen MR) is 81.6 cm³/mol. The van der Waals surface area contributed by atoms with Gasteiger partial charge in [-0.1, -0.05) is 64.7 Å². The predicted octanol–water partition coefficient (Wildman–Crippen LogP) is 5.38. The number of unbranched alkanes of at least 4 members (excludes halogenated alkanes) is 9. The summed E-state index contributed by atoms with van der Waals surface area (Å²) < 4.78 is 5.62. The van der Waals surface area contributed by atoms with Crippen LogP contribution in [0.2, 0.25) is 0 Å². The van der Waals surface area contributed by atoms with Crippen LogP contribution < -0.4 is 4.74 Å². The Morgan fingerprint density at radius 2 is 1.53 bits per heavy atom. The minimum absolute atomic E-state index is 0.822. The van der Waals surface area contributed by atoms with Gasteiger partial charge in [0.1, 0.15) is 5.75 Å². The smallest absolute Gasteiger partial charge is 0.137 e. The van der Waals surface area contributed by atoms with Crippen LogP contribution >= 0.6 is 0 Å². The van der Waals surface area contributed by atoms with E-state index < -0.39 is 0 Å². The van der Waals surface area contributed by atoms with Crippen LogP contribution in [0.1, 0.15) is 71.1 Å². The molecule has 0 saturated heterocycles. The highest BCUT2D eigenvalue weighted by molar-refractivity contribution is 5.15. The van der Waals surface area contributed by atoms with Crippen molar-refractivity contribution in [2.24, 2.45) is 0 Å². The molecule has 0 aliphatic heterocycles. The Balaban J connectivity index is 1.79. The maximum Gasteiger partial charge on any atom is 0.137 e. The fourth-order valence-electron chi connectivity index (χ4n) is 2.21. The van der Waals surface area contributed by atoms with E-state index in [1.807, 2.05) is 12.1 Å². The van der Waals surface area contributed by atoms with Gasteiger partial charge < -0.3 is 4.74 Å². The normalized spacial score (nSPS) is 10.6. The van der Waals surface area contributed by atoms with E-state index in [0.29, 0.717) is 0 Å². The van der Waals surface area contributed by atoms with Crippen molar-refractivity contribution in [3.05, 3.63) is 24.5 Å². The molecule has 0 unspecified atom stereocenters. The highest BCUT2D eigenvalue weighted by Gasteiger charge is 1.94. The monoisotopic (exact) mass is 263 g/mol. The number of hydrogen-bond donors (Lipinski definition) is 0. The van der Waals surface area contributed by atoms with E-state index in [9.17, 15) is 0 Å². The van der Waals surface area contributed by atoms with E-state index in [0.717, 1.165) is 18.8 Å². The van der Waals surface area contributed by atoms with E-state index in [1.165, 1.54) is 57.8 Å². The van der Waals surface area contributed by atoms with Crippen LogP contribution in [0.4, 0.5) is 0 Å². The first-order valence-electron chi connectivity index (χ1n) is 7.96. The molecular weight excluding hydrogens is 234 g/mol. The van der Waals surface area contributed by atoms with Gasteiger partial charge >= 0.3 is 0 Å². The zero-order valence-electron chi connectivity index (χ0n) is 12.4. The van der Waals surface area contributed by atoms with Crippen molar-refractivity contribution < 1.29 is 4.74 Å². The van der Waals surface area contributed by atoms with Gasteiger partial charge in [0.15, 0.2) is 0 Å². The highest BCUT2D eigenvalue weighted by atomic mass is 16.5. The van der Waals surface area contributed by atoms with Crippen LogP contribution in [0.15, 0.2) is 24.5 Å². The fourth-order valence-corrected chi connectivity index (χ4v) is 2.21. The summed E-state index contributed by atoms with van der Waals surface area (Å²) in [6.45, 7) is 3.09. The third-order valence-corrected chi connectivity index (χ3v) is 3.40. The third kappa shape index (κ3) is 9.52. The third-order valence-electron chi connectivity index (χ3n) is 3.40. The first kappa shape index (κ1) is 16.0. The first-order valence-corrected chi connectivity index (χ1v) is 7.96. The Bertz CT molecular complexity index is 287. The number of ether oxygens (including phenoxy) is 1. The van der Waals surface area contributed by atoms with E-state index in [2.05, 4.69) is 11.9 Å². The van der Waals surface area contributed by atoms with Crippen LogP contribution in [0.25, 0.3) is 0 Å². The van der Waals surface area contributed by atoms with Gasteiger partial charge in [-0.05, 0) is 18.6 Å². The molecule has 1 aromatic rings. The first-order chi connectivity index (χ1) is 9.43. The number of pyridine rings is 1. The average molecular weight is 263 g/mol. The van der Waals surface area contributed by atoms with E-state index in [-0.39, 0.29) is 0 Å². The minimum Gasteiger partial charge on any atom is -0.492 e. The Labute approximate surface area is 118 Å². The summed E-state index contributed by atoms with van der Waals surface area (Å²) in [7, 11) is 0. The van der Waals surface area contributed by atoms with Crippen molar-refractivity contribution in [1.29, 1.82) is 0 Å². The molecule has 0 amide bonds. The molecular formula is C17H29NO. The Hall–Kier alpha value is -1.05. The summed E-state index contributed by atoms with van der Waals surface area (Å²) in [6, 6.07) is 3.87. The summed E-state index contributed by atoms with van der Waals surface area (Å²) in [6.07, 6.45) is 17.2. The summed E-state index contributed by atoms with van der Waals surface area (Å²) in [4.78, 5) is 4.03. The molecule has 1 heterocycles. The molecule has 1 rings (SSSR count). The van der Waals surface area contributed by atoms with Gasteiger partial charge in [-0.25, -0.2) is 0 Å². The van der Waals surface area contributed by atoms with Crippen molar-refractivity contribution in [3.63, 3.8) is 0 Å². The second-order valence-corrected chi connectivity index (χ2v) is 5.22. The number of aromatic nitrogens is 1. The summed E-state index contributed by atoms with van der Waals surface area (Å²) in [5.41, 5.74) is 0. The van der Waals surface area contributed by atoms with Crippen molar-refractivity contribution in [1.82, 2.24) is 4.98 Å². The summed E-state index contributed by atoms with van der Waals surface area (Å²) >= 11 is 0. The van der Waals surface area contributed by atoms with Crippen LogP contribution in [0.5, 0.6) is 5.75 Å². The molecule has 0 bridgehead atoms. The molecule has 2 heteroatoms. The number of rotatable bonds is 12. The van der Waals surface area contributed by atoms with Crippen molar-refractivity contribution in [3.8, 4) is 5.75 Å². The Morgan fingerprint density at radius 1 is 0.895 bits per heavy atom. The van der Waals surface area contributed by atoms with Gasteiger partial charge in [-0.15, -0.1) is 0 Å². The Morgan fingerprint density at radius 3 is 2.11 bits per heavy atom. The molecule has 0 fully saturated rings. The molecule has 0 radical (unpaired) electrons. The van der Waals surface area contributed by atoms with Crippen molar-refractivity contribution in [2.45, 2.75) is 71.1 Å². The lowest BCUT2D eigenvalue weighted by molar-refractivity contribution is 0.303. The molecule has 0 saturated carbocycles. The van der Waals surface area contributed by atoms with Gasteiger partial charge in [0.25, 0.3) is 0 Å². The molecule has 2 nitrogen and oxygen atoms in total. The van der Waals surface area contributed by atoms with Gasteiger partial charge in [-0.3, -0.25) is 4.98 Å². The van der Waals surface area contributed by atoms with Crippen molar-refractivity contribution >= 4 is 0 Å². The quantitative estimate of drug-likeness (QED) is 0.472. The second kappa shape index (κ2) is 12.0. The van der Waals surface area contributed by atoms with Crippen molar-refractivity contribution in [2.75, 3.05) is 6.61 Å². The molecule has 19 heavy (non-hydrogen) atoms. The van der Waals surface area contributed by atoms with Gasteiger partial charge in [0, 0.05) is 6.20 Å². The summed E-state index contributed by atoms with van der Waals surface area (Å²) in [5, 5.41) is 0. The average Bonchev–Trinajstić information content (AvgIpc) is 2.46. The zero-order valence-corrected chi connectivity index (χ0v) is 12.4. The summed E-state index contributed by atoms with van der Waals surface area (Å²) in [5.74, 6) is 0.887. The molecule has 108 valence electrons. The van der Waals surface area contributed by atoms with E-state index >= 15 is 0 Å². The number of hydrogen-bond acceptors (Lipinski definition) is 2. The van der Waals surface area contributed by atoms with Crippen LogP contribution in [0.3, 0.4) is 0 Å². The number of nitrogens with zero attached hydrogens (tertiary/aromatic N) is 1. The molecule has 0 aromatic carbocycles. The van der Waals surface area contributed by atoms with E-state index in [4.69, 9.17) is 4.74 Å². The van der Waals surface area contributed by atoms with Gasteiger partial charge in [0.05, 0.1) is 12.8 Å². The lowest BCUT2D eigenvalue weighted by Crippen LogP contribution is -1.97. The zero-order chi connectivity index (χ0) is 13.6. The minimum atomic E-state index is 0.822.